The van der Waals surface area contributed by atoms with Crippen LogP contribution in [0.1, 0.15) is 100 Å². The molecule has 0 N–H and O–H groups in total. The number of benzene rings is 8. The summed E-state index contributed by atoms with van der Waals surface area (Å²) in [5, 5.41) is 4.09. The van der Waals surface area contributed by atoms with E-state index in [9.17, 15) is 0 Å². The van der Waals surface area contributed by atoms with Gasteiger partial charge in [-0.05, 0) is 283 Å². The van der Waals surface area contributed by atoms with Gasteiger partial charge in [0.1, 0.15) is 34.5 Å². The molecule has 0 bridgehead atoms. The summed E-state index contributed by atoms with van der Waals surface area (Å²) in [5.41, 5.74) is 22.0. The van der Waals surface area contributed by atoms with Crippen molar-refractivity contribution < 1.29 is 27.1 Å². The zero-order valence-corrected chi connectivity index (χ0v) is 46.2. The first-order chi connectivity index (χ1) is 33.2. The molecule has 0 radical (unpaired) electrons. The van der Waals surface area contributed by atoms with Crippen molar-refractivity contribution in [2.45, 2.75) is 125 Å². The van der Waals surface area contributed by atoms with Crippen LogP contribution in [-0.4, -0.2) is 0 Å². The lowest BCUT2D eigenvalue weighted by atomic mass is 9.89. The first-order valence-electron chi connectivity index (χ1n) is 24.2. The molecule has 70 heavy (non-hydrogen) atoms. The predicted octanol–water partition coefficient (Wildman–Crippen LogP) is 18.7. The van der Waals surface area contributed by atoms with E-state index in [0.29, 0.717) is 11.5 Å². The van der Waals surface area contributed by atoms with Gasteiger partial charge < -0.3 is 27.1 Å². The molecule has 0 atom stereocenters. The number of hydrogen-bond donors (Lipinski definition) is 0. The second-order valence-electron chi connectivity index (χ2n) is 19.5. The molecule has 0 aromatic heterocycles. The highest BCUT2D eigenvalue weighted by molar-refractivity contribution is 7.43. The summed E-state index contributed by atoms with van der Waals surface area (Å²) in [4.78, 5) is 0. The van der Waals surface area contributed by atoms with E-state index in [0.717, 1.165) is 111 Å². The molecule has 0 aliphatic heterocycles. The normalized spacial score (nSPS) is 11.5. The molecule has 0 saturated heterocycles. The highest BCUT2D eigenvalue weighted by atomic mass is 31.2. The van der Waals surface area contributed by atoms with Gasteiger partial charge in [0.05, 0.1) is 0 Å². The van der Waals surface area contributed by atoms with E-state index in [2.05, 4.69) is 210 Å². The third-order valence-corrected chi connectivity index (χ3v) is 17.4. The van der Waals surface area contributed by atoms with Gasteiger partial charge >= 0.3 is 17.2 Å². The first kappa shape index (κ1) is 50.3. The van der Waals surface area contributed by atoms with E-state index < -0.39 is 17.2 Å². The number of aryl methyl sites for hydroxylation is 6. The standard InChI is InChI=1S/C62H68O6P2/c1-33-29-55(47(15)43(11)39(33)7)63-69(64-56-30-34(2)40(8)44(12)48(56)16)67-61-37(5)27-51-23-19-21-25-53(51)59(61)60-54-26-22-20-24-52(54)28-38(6)62(60)68-70(65-57-31-35(3)41(9)45(13)49(57)17)66-58-32-36(4)42(10)46(14)50(58)18/h19-32H,1-18H3. The third kappa shape index (κ3) is 9.46. The van der Waals surface area contributed by atoms with Crippen molar-refractivity contribution in [3.63, 3.8) is 0 Å². The largest absolute Gasteiger partial charge is 0.530 e. The molecular formula is C62H68O6P2. The Hall–Kier alpha value is -6.06. The van der Waals surface area contributed by atoms with Crippen molar-refractivity contribution in [2.24, 2.45) is 0 Å². The van der Waals surface area contributed by atoms with Gasteiger partial charge in [-0.25, -0.2) is 0 Å². The Morgan fingerprint density at radius 3 is 0.786 bits per heavy atom. The second-order valence-corrected chi connectivity index (χ2v) is 21.5. The quantitative estimate of drug-likeness (QED) is 0.107. The summed E-state index contributed by atoms with van der Waals surface area (Å²) >= 11 is 0. The van der Waals surface area contributed by atoms with Gasteiger partial charge in [-0.1, -0.05) is 48.5 Å². The van der Waals surface area contributed by atoms with E-state index in [1.54, 1.807) is 0 Å². The summed E-state index contributed by atoms with van der Waals surface area (Å²) < 4.78 is 43.1. The van der Waals surface area contributed by atoms with Crippen LogP contribution in [0, 0.1) is 125 Å². The molecule has 0 amide bonds. The fourth-order valence-corrected chi connectivity index (χ4v) is 11.7. The minimum atomic E-state index is -2.12. The lowest BCUT2D eigenvalue weighted by Crippen LogP contribution is -2.09. The average Bonchev–Trinajstić information content (AvgIpc) is 3.33. The van der Waals surface area contributed by atoms with Crippen LogP contribution in [0.15, 0.2) is 84.9 Å². The summed E-state index contributed by atoms with van der Waals surface area (Å²) in [7, 11) is -4.25. The van der Waals surface area contributed by atoms with Crippen LogP contribution in [0.5, 0.6) is 34.5 Å². The van der Waals surface area contributed by atoms with Crippen molar-refractivity contribution in [3.8, 4) is 45.6 Å². The Morgan fingerprint density at radius 2 is 0.514 bits per heavy atom. The van der Waals surface area contributed by atoms with Crippen molar-refractivity contribution in [1.82, 2.24) is 0 Å². The number of hydrogen-bond acceptors (Lipinski definition) is 6. The Kier molecular flexibility index (Phi) is 14.4. The van der Waals surface area contributed by atoms with Crippen LogP contribution in [0.3, 0.4) is 0 Å². The zero-order chi connectivity index (χ0) is 50.6. The van der Waals surface area contributed by atoms with Gasteiger partial charge in [0.15, 0.2) is 0 Å². The lowest BCUT2D eigenvalue weighted by molar-refractivity contribution is 0.382. The van der Waals surface area contributed by atoms with Gasteiger partial charge in [0.2, 0.25) is 0 Å². The van der Waals surface area contributed by atoms with Crippen molar-refractivity contribution >= 4 is 38.7 Å². The highest BCUT2D eigenvalue weighted by Crippen LogP contribution is 2.56. The van der Waals surface area contributed by atoms with E-state index >= 15 is 0 Å². The minimum Gasteiger partial charge on any atom is -0.408 e. The molecule has 0 heterocycles. The van der Waals surface area contributed by atoms with Crippen LogP contribution >= 0.6 is 17.2 Å². The second kappa shape index (κ2) is 20.0. The summed E-state index contributed by atoms with van der Waals surface area (Å²) in [6.07, 6.45) is 0. The van der Waals surface area contributed by atoms with Gasteiger partial charge in [0, 0.05) is 11.1 Å². The Bertz CT molecular complexity index is 3030. The molecule has 0 spiro atoms. The molecule has 0 aliphatic rings. The summed E-state index contributed by atoms with van der Waals surface area (Å²) in [5.74, 6) is 4.17. The van der Waals surface area contributed by atoms with Crippen molar-refractivity contribution in [1.29, 1.82) is 0 Å². The first-order valence-corrected chi connectivity index (χ1v) is 26.4. The van der Waals surface area contributed by atoms with E-state index in [1.807, 2.05) is 0 Å². The SMILES string of the molecule is Cc1cc(OP(Oc2cc(C)c(C)c(C)c2C)Oc2c(C)cc3ccccc3c2-c2c(OP(Oc3cc(C)c(C)c(C)c3C)Oc3cc(C)c(C)c(C)c3C)c(C)cc3ccccc23)c(C)c(C)c1C. The molecule has 6 nitrogen and oxygen atoms in total. The third-order valence-electron chi connectivity index (χ3n) is 15.4. The van der Waals surface area contributed by atoms with Gasteiger partial charge in [-0.2, -0.15) is 0 Å². The minimum absolute atomic E-state index is 0.634. The maximum atomic E-state index is 7.43. The van der Waals surface area contributed by atoms with E-state index in [1.165, 1.54) is 44.5 Å². The Morgan fingerprint density at radius 1 is 0.257 bits per heavy atom. The van der Waals surface area contributed by atoms with Crippen LogP contribution < -0.4 is 27.1 Å². The molecule has 8 heteroatoms. The smallest absolute Gasteiger partial charge is 0.408 e. The molecule has 8 aromatic carbocycles. The molecule has 0 aliphatic carbocycles. The summed E-state index contributed by atoms with van der Waals surface area (Å²) in [6, 6.07) is 29.7. The molecule has 362 valence electrons. The van der Waals surface area contributed by atoms with Crippen molar-refractivity contribution in [3.05, 3.63) is 185 Å². The molecule has 0 fully saturated rings. The molecule has 8 aromatic rings. The maximum Gasteiger partial charge on any atom is 0.530 e. The number of rotatable bonds is 13. The molecule has 8 rings (SSSR count). The Balaban J connectivity index is 1.38. The van der Waals surface area contributed by atoms with Gasteiger partial charge in [-0.3, -0.25) is 0 Å². The fraction of sp³-hybridized carbons (Fsp3) is 0.290. The van der Waals surface area contributed by atoms with E-state index in [4.69, 9.17) is 27.1 Å². The monoisotopic (exact) mass is 970 g/mol. The topological polar surface area (TPSA) is 55.4 Å². The van der Waals surface area contributed by atoms with Gasteiger partial charge in [-0.15, -0.1) is 0 Å². The lowest BCUT2D eigenvalue weighted by Gasteiger charge is -2.27. The van der Waals surface area contributed by atoms with Crippen LogP contribution in [0.25, 0.3) is 32.7 Å². The maximum absolute atomic E-state index is 7.43. The fourth-order valence-electron chi connectivity index (χ4n) is 9.33. The van der Waals surface area contributed by atoms with Gasteiger partial charge in [0.25, 0.3) is 0 Å². The predicted molar refractivity (Wildman–Crippen MR) is 296 cm³/mol. The van der Waals surface area contributed by atoms with E-state index in [-0.39, 0.29) is 0 Å². The number of fused-ring (bicyclic) bond motifs is 2. The van der Waals surface area contributed by atoms with Crippen LogP contribution in [-0.2, 0) is 0 Å². The molecule has 0 unspecified atom stereocenters. The van der Waals surface area contributed by atoms with Crippen molar-refractivity contribution in [2.75, 3.05) is 0 Å². The van der Waals surface area contributed by atoms with Crippen LogP contribution in [0.4, 0.5) is 0 Å². The highest BCUT2D eigenvalue weighted by Gasteiger charge is 2.32. The molecular weight excluding hydrogens is 903 g/mol. The summed E-state index contributed by atoms with van der Waals surface area (Å²) in [6.45, 7) is 38.3. The average molecular weight is 971 g/mol. The Labute approximate surface area is 419 Å². The van der Waals surface area contributed by atoms with Crippen LogP contribution in [0.2, 0.25) is 0 Å². The molecule has 0 saturated carbocycles. The zero-order valence-electron chi connectivity index (χ0n) is 44.4.